The minimum atomic E-state index is -0.378. The Morgan fingerprint density at radius 2 is 2.00 bits per heavy atom. The van der Waals surface area contributed by atoms with Gasteiger partial charge in [-0.15, -0.1) is 0 Å². The summed E-state index contributed by atoms with van der Waals surface area (Å²) in [5, 5.41) is 13.8. The van der Waals surface area contributed by atoms with Gasteiger partial charge in [0.15, 0.2) is 11.5 Å². The predicted octanol–water partition coefficient (Wildman–Crippen LogP) is 2.84. The van der Waals surface area contributed by atoms with Crippen molar-refractivity contribution in [1.82, 2.24) is 5.32 Å². The van der Waals surface area contributed by atoms with Crippen LogP contribution in [0.25, 0.3) is 0 Å². The van der Waals surface area contributed by atoms with E-state index in [2.05, 4.69) is 17.4 Å². The second-order valence-corrected chi connectivity index (χ2v) is 5.75. The zero-order chi connectivity index (χ0) is 16.2. The Morgan fingerprint density at radius 3 is 2.78 bits per heavy atom. The second kappa shape index (κ2) is 7.02. The lowest BCUT2D eigenvalue weighted by Gasteiger charge is -2.18. The summed E-state index contributed by atoms with van der Waals surface area (Å²) in [6, 6.07) is 14.1. The van der Waals surface area contributed by atoms with Crippen molar-refractivity contribution in [3.8, 4) is 11.5 Å². The molecular weight excluding hydrogens is 290 g/mol. The van der Waals surface area contributed by atoms with Crippen LogP contribution in [0, 0.1) is 0 Å². The van der Waals surface area contributed by atoms with Crippen LogP contribution in [0.2, 0.25) is 0 Å². The number of hydrogen-bond acceptors (Lipinski definition) is 4. The van der Waals surface area contributed by atoms with E-state index in [1.807, 2.05) is 37.3 Å². The largest absolute Gasteiger partial charge is 0.493 e. The van der Waals surface area contributed by atoms with Gasteiger partial charge in [-0.25, -0.2) is 0 Å². The van der Waals surface area contributed by atoms with Crippen LogP contribution in [0.3, 0.4) is 0 Å². The van der Waals surface area contributed by atoms with Gasteiger partial charge >= 0.3 is 0 Å². The summed E-state index contributed by atoms with van der Waals surface area (Å²) in [6.07, 6.45) is 0.331. The smallest absolute Gasteiger partial charge is 0.161 e. The summed E-state index contributed by atoms with van der Waals surface area (Å²) in [6.45, 7) is 3.23. The van der Waals surface area contributed by atoms with Crippen LogP contribution >= 0.6 is 0 Å². The number of hydrogen-bond donors (Lipinski definition) is 2. The Hall–Kier alpha value is -2.04. The number of nitrogens with one attached hydrogen (secondary N) is 1. The van der Waals surface area contributed by atoms with Crippen LogP contribution < -0.4 is 14.8 Å². The molecule has 23 heavy (non-hydrogen) atoms. The third-order valence-electron chi connectivity index (χ3n) is 4.26. The number of ether oxygens (including phenoxy) is 2. The summed E-state index contributed by atoms with van der Waals surface area (Å²) >= 11 is 0. The lowest BCUT2D eigenvalue weighted by molar-refractivity contribution is 0.140. The molecule has 2 N–H and O–H groups in total. The molecule has 0 saturated carbocycles. The fourth-order valence-electron chi connectivity index (χ4n) is 3.14. The van der Waals surface area contributed by atoms with Crippen LogP contribution in [0.5, 0.6) is 11.5 Å². The molecule has 2 aromatic carbocycles. The van der Waals surface area contributed by atoms with Gasteiger partial charge in [-0.3, -0.25) is 0 Å². The molecule has 0 unspecified atom stereocenters. The molecule has 2 atom stereocenters. The standard InChI is InChI=1S/C19H23NO3/c1-3-23-17-9-8-13(10-18(17)22-2)12-20-19-15-7-5-4-6-14(15)11-16(19)21/h4-10,16,19-21H,3,11-12H2,1-2H3/t16-,19+/m1/s1. The van der Waals surface area contributed by atoms with Gasteiger partial charge in [-0.2, -0.15) is 0 Å². The molecule has 1 aliphatic carbocycles. The highest BCUT2D eigenvalue weighted by Gasteiger charge is 2.30. The monoisotopic (exact) mass is 313 g/mol. The van der Waals surface area contributed by atoms with Crippen LogP contribution in [0.1, 0.15) is 29.7 Å². The van der Waals surface area contributed by atoms with Crippen molar-refractivity contribution in [3.05, 3.63) is 59.2 Å². The second-order valence-electron chi connectivity index (χ2n) is 5.75. The lowest BCUT2D eigenvalue weighted by Crippen LogP contribution is -2.28. The molecule has 0 fully saturated rings. The van der Waals surface area contributed by atoms with Crippen molar-refractivity contribution in [2.45, 2.75) is 32.0 Å². The highest BCUT2D eigenvalue weighted by molar-refractivity contribution is 5.43. The third kappa shape index (κ3) is 3.33. The summed E-state index contributed by atoms with van der Waals surface area (Å²) in [7, 11) is 1.64. The van der Waals surface area contributed by atoms with E-state index in [4.69, 9.17) is 9.47 Å². The molecule has 0 spiro atoms. The Morgan fingerprint density at radius 1 is 1.17 bits per heavy atom. The highest BCUT2D eigenvalue weighted by Crippen LogP contribution is 2.32. The average Bonchev–Trinajstić information content (AvgIpc) is 2.89. The molecule has 2 aromatic rings. The van der Waals surface area contributed by atoms with Crippen molar-refractivity contribution in [3.63, 3.8) is 0 Å². The summed E-state index contributed by atoms with van der Waals surface area (Å²) < 4.78 is 10.9. The lowest BCUT2D eigenvalue weighted by atomic mass is 10.1. The van der Waals surface area contributed by atoms with E-state index in [0.717, 1.165) is 17.1 Å². The minimum absolute atomic E-state index is 0.0243. The van der Waals surface area contributed by atoms with Crippen LogP contribution in [-0.4, -0.2) is 24.9 Å². The van der Waals surface area contributed by atoms with E-state index in [9.17, 15) is 5.11 Å². The molecule has 0 saturated heterocycles. The number of aliphatic hydroxyl groups is 1. The number of rotatable bonds is 6. The Labute approximate surface area is 137 Å². The SMILES string of the molecule is CCOc1ccc(CN[C@H]2c3ccccc3C[C@H]2O)cc1OC. The van der Waals surface area contributed by atoms with Crippen LogP contribution in [0.15, 0.2) is 42.5 Å². The van der Waals surface area contributed by atoms with Gasteiger partial charge in [0, 0.05) is 13.0 Å². The van der Waals surface area contributed by atoms with Gasteiger partial charge in [-0.05, 0) is 35.7 Å². The maximum Gasteiger partial charge on any atom is 0.161 e. The molecule has 0 radical (unpaired) electrons. The number of fused-ring (bicyclic) bond motifs is 1. The van der Waals surface area contributed by atoms with Crippen molar-refractivity contribution in [1.29, 1.82) is 0 Å². The van der Waals surface area contributed by atoms with Gasteiger partial charge in [0.05, 0.1) is 25.9 Å². The minimum Gasteiger partial charge on any atom is -0.493 e. The van der Waals surface area contributed by atoms with Crippen LogP contribution in [-0.2, 0) is 13.0 Å². The molecule has 0 amide bonds. The predicted molar refractivity (Wildman–Crippen MR) is 89.9 cm³/mol. The maximum absolute atomic E-state index is 10.3. The van der Waals surface area contributed by atoms with Gasteiger partial charge in [0.25, 0.3) is 0 Å². The summed E-state index contributed by atoms with van der Waals surface area (Å²) in [5.41, 5.74) is 3.52. The van der Waals surface area contributed by atoms with E-state index in [0.29, 0.717) is 19.6 Å². The molecule has 0 heterocycles. The topological polar surface area (TPSA) is 50.7 Å². The summed E-state index contributed by atoms with van der Waals surface area (Å²) in [5.74, 6) is 1.49. The van der Waals surface area contributed by atoms with Crippen molar-refractivity contribution in [2.24, 2.45) is 0 Å². The quantitative estimate of drug-likeness (QED) is 0.861. The molecule has 0 bridgehead atoms. The molecular formula is C19H23NO3. The third-order valence-corrected chi connectivity index (χ3v) is 4.26. The van der Waals surface area contributed by atoms with Gasteiger partial charge in [-0.1, -0.05) is 30.3 Å². The Balaban J connectivity index is 1.71. The Bertz CT molecular complexity index is 671. The Kier molecular flexibility index (Phi) is 4.84. The van der Waals surface area contributed by atoms with Gasteiger partial charge in [0.2, 0.25) is 0 Å². The molecule has 1 aliphatic rings. The molecule has 0 aromatic heterocycles. The first-order valence-electron chi connectivity index (χ1n) is 8.02. The molecule has 0 aliphatic heterocycles. The van der Waals surface area contributed by atoms with E-state index in [1.54, 1.807) is 7.11 Å². The van der Waals surface area contributed by atoms with Crippen molar-refractivity contribution < 1.29 is 14.6 Å². The normalized spacial score (nSPS) is 19.4. The first kappa shape index (κ1) is 15.8. The van der Waals surface area contributed by atoms with Crippen LogP contribution in [0.4, 0.5) is 0 Å². The van der Waals surface area contributed by atoms with Crippen molar-refractivity contribution >= 4 is 0 Å². The number of benzene rings is 2. The molecule has 3 rings (SSSR count). The van der Waals surface area contributed by atoms with E-state index >= 15 is 0 Å². The summed E-state index contributed by atoms with van der Waals surface area (Å²) in [4.78, 5) is 0. The average molecular weight is 313 g/mol. The fourth-order valence-corrected chi connectivity index (χ4v) is 3.14. The number of aliphatic hydroxyl groups excluding tert-OH is 1. The van der Waals surface area contributed by atoms with E-state index < -0.39 is 0 Å². The zero-order valence-corrected chi connectivity index (χ0v) is 13.6. The van der Waals surface area contributed by atoms with Crippen molar-refractivity contribution in [2.75, 3.05) is 13.7 Å². The van der Waals surface area contributed by atoms with Gasteiger partial charge < -0.3 is 19.9 Å². The molecule has 4 heteroatoms. The number of methoxy groups -OCH3 is 1. The first-order valence-corrected chi connectivity index (χ1v) is 8.02. The zero-order valence-electron chi connectivity index (χ0n) is 13.6. The molecule has 4 nitrogen and oxygen atoms in total. The maximum atomic E-state index is 10.3. The van der Waals surface area contributed by atoms with Gasteiger partial charge in [0.1, 0.15) is 0 Å². The van der Waals surface area contributed by atoms with E-state index in [-0.39, 0.29) is 12.1 Å². The highest BCUT2D eigenvalue weighted by atomic mass is 16.5. The van der Waals surface area contributed by atoms with E-state index in [1.165, 1.54) is 11.1 Å². The first-order chi connectivity index (χ1) is 11.2. The fraction of sp³-hybridized carbons (Fsp3) is 0.368. The molecule has 122 valence electrons.